The summed E-state index contributed by atoms with van der Waals surface area (Å²) in [5.41, 5.74) is 8.40. The molecule has 0 fully saturated rings. The van der Waals surface area contributed by atoms with Gasteiger partial charge in [-0.3, -0.25) is 5.43 Å². The minimum absolute atomic E-state index is 0.104. The highest BCUT2D eigenvalue weighted by Crippen LogP contribution is 2.20. The monoisotopic (exact) mass is 243 g/mol. The van der Waals surface area contributed by atoms with Crippen molar-refractivity contribution in [3.63, 3.8) is 0 Å². The molecule has 80 valence electrons. The Kier molecular flexibility index (Phi) is 4.33. The zero-order chi connectivity index (χ0) is 11.3. The Morgan fingerprint density at radius 2 is 2.40 bits per heavy atom. The Labute approximate surface area is 98.1 Å². The summed E-state index contributed by atoms with van der Waals surface area (Å²) in [6.45, 7) is 0. The minimum Gasteiger partial charge on any atom is -0.496 e. The predicted molar refractivity (Wildman–Crippen MR) is 65.5 cm³/mol. The number of nitrogens with one attached hydrogen (secondary N) is 1. The van der Waals surface area contributed by atoms with Crippen LogP contribution in [0.4, 0.5) is 0 Å². The van der Waals surface area contributed by atoms with Gasteiger partial charge in [0.1, 0.15) is 5.75 Å². The number of thiocarbonyl (C=S) groups is 1. The molecule has 0 aliphatic rings. The average Bonchev–Trinajstić information content (AvgIpc) is 2.17. The van der Waals surface area contributed by atoms with Gasteiger partial charge in [-0.1, -0.05) is 11.6 Å². The molecule has 0 atom stereocenters. The number of benzene rings is 1. The third-order valence-corrected chi connectivity index (χ3v) is 1.90. The van der Waals surface area contributed by atoms with Crippen molar-refractivity contribution in [1.82, 2.24) is 5.43 Å². The maximum absolute atomic E-state index is 5.83. The molecule has 15 heavy (non-hydrogen) atoms. The molecule has 0 saturated heterocycles. The fourth-order valence-corrected chi connectivity index (χ4v) is 1.20. The molecule has 3 N–H and O–H groups in total. The molecule has 0 saturated carbocycles. The Balaban J connectivity index is 2.87. The summed E-state index contributed by atoms with van der Waals surface area (Å²) in [5, 5.41) is 4.52. The second kappa shape index (κ2) is 5.53. The van der Waals surface area contributed by atoms with E-state index in [0.717, 1.165) is 5.56 Å². The van der Waals surface area contributed by atoms with Crippen molar-refractivity contribution in [2.75, 3.05) is 7.11 Å². The molecule has 0 aromatic heterocycles. The highest BCUT2D eigenvalue weighted by Gasteiger charge is 2.00. The summed E-state index contributed by atoms with van der Waals surface area (Å²) in [6, 6.07) is 5.22. The van der Waals surface area contributed by atoms with Crippen LogP contribution < -0.4 is 15.9 Å². The van der Waals surface area contributed by atoms with E-state index < -0.39 is 0 Å². The van der Waals surface area contributed by atoms with Gasteiger partial charge in [-0.25, -0.2) is 0 Å². The van der Waals surface area contributed by atoms with Crippen LogP contribution in [-0.4, -0.2) is 18.4 Å². The van der Waals surface area contributed by atoms with E-state index in [-0.39, 0.29) is 5.11 Å². The second-order valence-electron chi connectivity index (χ2n) is 2.62. The number of hydrogen-bond acceptors (Lipinski definition) is 3. The molecule has 0 bridgehead atoms. The van der Waals surface area contributed by atoms with Crippen molar-refractivity contribution >= 4 is 35.1 Å². The van der Waals surface area contributed by atoms with Crippen LogP contribution >= 0.6 is 23.8 Å². The van der Waals surface area contributed by atoms with Crippen molar-refractivity contribution < 1.29 is 4.74 Å². The molecule has 0 amide bonds. The van der Waals surface area contributed by atoms with Crippen LogP contribution in [0.1, 0.15) is 5.56 Å². The maximum Gasteiger partial charge on any atom is 0.184 e. The van der Waals surface area contributed by atoms with Crippen LogP contribution in [0, 0.1) is 0 Å². The zero-order valence-corrected chi connectivity index (χ0v) is 9.60. The number of methoxy groups -OCH3 is 1. The number of rotatable bonds is 3. The molecule has 0 aliphatic carbocycles. The van der Waals surface area contributed by atoms with Crippen LogP contribution in [0.2, 0.25) is 5.02 Å². The van der Waals surface area contributed by atoms with E-state index >= 15 is 0 Å². The lowest BCUT2D eigenvalue weighted by molar-refractivity contribution is 0.414. The number of nitrogens with zero attached hydrogens (tertiary/aromatic N) is 1. The first-order valence-electron chi connectivity index (χ1n) is 4.05. The minimum atomic E-state index is 0.104. The van der Waals surface area contributed by atoms with Crippen LogP contribution in [0.25, 0.3) is 0 Å². The van der Waals surface area contributed by atoms with Crippen LogP contribution in [0.3, 0.4) is 0 Å². The summed E-state index contributed by atoms with van der Waals surface area (Å²) in [5.74, 6) is 0.674. The molecule has 0 spiro atoms. The van der Waals surface area contributed by atoms with Gasteiger partial charge in [0, 0.05) is 10.6 Å². The van der Waals surface area contributed by atoms with E-state index in [1.807, 2.05) is 0 Å². The first-order valence-corrected chi connectivity index (χ1v) is 4.84. The van der Waals surface area contributed by atoms with Gasteiger partial charge in [0.25, 0.3) is 0 Å². The Morgan fingerprint density at radius 3 is 3.00 bits per heavy atom. The van der Waals surface area contributed by atoms with Gasteiger partial charge in [-0.05, 0) is 30.4 Å². The van der Waals surface area contributed by atoms with Crippen molar-refractivity contribution in [2.24, 2.45) is 10.8 Å². The smallest absolute Gasteiger partial charge is 0.184 e. The molecular formula is C9H10ClN3OS. The topological polar surface area (TPSA) is 59.6 Å². The van der Waals surface area contributed by atoms with E-state index in [1.165, 1.54) is 6.21 Å². The van der Waals surface area contributed by atoms with Gasteiger partial charge in [0.2, 0.25) is 0 Å². The van der Waals surface area contributed by atoms with E-state index in [2.05, 4.69) is 22.7 Å². The molecule has 1 aromatic carbocycles. The van der Waals surface area contributed by atoms with Crippen LogP contribution in [0.5, 0.6) is 5.75 Å². The lowest BCUT2D eigenvalue weighted by atomic mass is 10.2. The SMILES string of the molecule is COc1ccc(Cl)cc1C=NNC(N)=S. The summed E-state index contributed by atoms with van der Waals surface area (Å²) in [7, 11) is 1.57. The summed E-state index contributed by atoms with van der Waals surface area (Å²) < 4.78 is 5.12. The summed E-state index contributed by atoms with van der Waals surface area (Å²) >= 11 is 10.4. The van der Waals surface area contributed by atoms with Crippen molar-refractivity contribution in [2.45, 2.75) is 0 Å². The van der Waals surface area contributed by atoms with Gasteiger partial charge in [-0.2, -0.15) is 5.10 Å². The number of hydrazone groups is 1. The lowest BCUT2D eigenvalue weighted by Gasteiger charge is -2.04. The van der Waals surface area contributed by atoms with Crippen molar-refractivity contribution in [1.29, 1.82) is 0 Å². The summed E-state index contributed by atoms with van der Waals surface area (Å²) in [6.07, 6.45) is 1.53. The lowest BCUT2D eigenvalue weighted by Crippen LogP contribution is -2.24. The first kappa shape index (κ1) is 11.7. The number of halogens is 1. The maximum atomic E-state index is 5.83. The third kappa shape index (κ3) is 3.73. The molecule has 6 heteroatoms. The molecule has 4 nitrogen and oxygen atoms in total. The largest absolute Gasteiger partial charge is 0.496 e. The molecular weight excluding hydrogens is 234 g/mol. The Morgan fingerprint density at radius 1 is 1.67 bits per heavy atom. The van der Waals surface area contributed by atoms with E-state index in [1.54, 1.807) is 25.3 Å². The van der Waals surface area contributed by atoms with Crippen molar-refractivity contribution in [3.8, 4) is 5.75 Å². The molecule has 0 heterocycles. The zero-order valence-electron chi connectivity index (χ0n) is 8.03. The van der Waals surface area contributed by atoms with E-state index in [0.29, 0.717) is 10.8 Å². The summed E-state index contributed by atoms with van der Waals surface area (Å²) in [4.78, 5) is 0. The van der Waals surface area contributed by atoms with E-state index in [9.17, 15) is 0 Å². The Bertz CT molecular complexity index is 395. The highest BCUT2D eigenvalue weighted by molar-refractivity contribution is 7.80. The molecule has 0 radical (unpaired) electrons. The van der Waals surface area contributed by atoms with Crippen LogP contribution in [0.15, 0.2) is 23.3 Å². The first-order chi connectivity index (χ1) is 7.13. The third-order valence-electron chi connectivity index (χ3n) is 1.57. The molecule has 0 aliphatic heterocycles. The second-order valence-corrected chi connectivity index (χ2v) is 3.50. The highest BCUT2D eigenvalue weighted by atomic mass is 35.5. The van der Waals surface area contributed by atoms with Gasteiger partial charge < -0.3 is 10.5 Å². The normalized spacial score (nSPS) is 10.3. The fourth-order valence-electron chi connectivity index (χ4n) is 0.972. The van der Waals surface area contributed by atoms with Gasteiger partial charge >= 0.3 is 0 Å². The molecule has 1 aromatic rings. The Hall–Kier alpha value is -1.33. The molecule has 0 unspecified atom stereocenters. The molecule has 1 rings (SSSR count). The predicted octanol–water partition coefficient (Wildman–Crippen LogP) is 1.52. The average molecular weight is 244 g/mol. The standard InChI is InChI=1S/C9H10ClN3OS/c1-14-8-3-2-7(10)4-6(8)5-12-13-9(11)15/h2-5H,1H3,(H3,11,13,15). The van der Waals surface area contributed by atoms with E-state index in [4.69, 9.17) is 22.1 Å². The number of hydrogen-bond donors (Lipinski definition) is 2. The number of nitrogens with two attached hydrogens (primary N) is 1. The number of ether oxygens (including phenoxy) is 1. The van der Waals surface area contributed by atoms with Gasteiger partial charge in [0.05, 0.1) is 13.3 Å². The van der Waals surface area contributed by atoms with Crippen LogP contribution in [-0.2, 0) is 0 Å². The van der Waals surface area contributed by atoms with Gasteiger partial charge in [0.15, 0.2) is 5.11 Å². The van der Waals surface area contributed by atoms with Gasteiger partial charge in [-0.15, -0.1) is 0 Å². The van der Waals surface area contributed by atoms with Crippen molar-refractivity contribution in [3.05, 3.63) is 28.8 Å². The fraction of sp³-hybridized carbons (Fsp3) is 0.111. The quantitative estimate of drug-likeness (QED) is 0.480.